The minimum Gasteiger partial charge on any atom is -0.378 e. The first-order valence-electron chi connectivity index (χ1n) is 8.91. The fraction of sp³-hybridized carbons (Fsp3) is 0.579. The zero-order chi connectivity index (χ0) is 17.6. The Labute approximate surface area is 152 Å². The Hall–Kier alpha value is -1.59. The number of amides is 2. The topological polar surface area (TPSA) is 49.9 Å². The van der Waals surface area contributed by atoms with E-state index in [9.17, 15) is 9.59 Å². The normalized spacial score (nSPS) is 28.3. The van der Waals surface area contributed by atoms with Gasteiger partial charge in [0, 0.05) is 25.2 Å². The number of benzene rings is 1. The number of halogens is 1. The molecule has 2 bridgehead atoms. The van der Waals surface area contributed by atoms with Crippen molar-refractivity contribution >= 4 is 23.4 Å². The van der Waals surface area contributed by atoms with E-state index >= 15 is 0 Å². The molecule has 0 spiro atoms. The van der Waals surface area contributed by atoms with Gasteiger partial charge >= 0.3 is 0 Å². The highest BCUT2D eigenvalue weighted by atomic mass is 35.5. The monoisotopic (exact) mass is 362 g/mol. The molecule has 6 heteroatoms. The van der Waals surface area contributed by atoms with Crippen LogP contribution in [0.2, 0.25) is 5.02 Å². The van der Waals surface area contributed by atoms with Crippen LogP contribution in [0.15, 0.2) is 24.3 Å². The minimum absolute atomic E-state index is 0.0636. The SMILES string of the molecule is CN1C(=O)[C@H]2COC[C@@H]1CN(C(=O)C1(c3ccc(Cl)cc3)CCC1)C2. The van der Waals surface area contributed by atoms with Crippen molar-refractivity contribution in [3.8, 4) is 0 Å². The van der Waals surface area contributed by atoms with E-state index in [1.165, 1.54) is 0 Å². The first kappa shape index (κ1) is 16.9. The molecular weight excluding hydrogens is 340 g/mol. The Kier molecular flexibility index (Phi) is 4.24. The molecule has 25 heavy (non-hydrogen) atoms. The number of carbonyl (C=O) groups is 2. The smallest absolute Gasteiger partial charge is 0.233 e. The van der Waals surface area contributed by atoms with Crippen molar-refractivity contribution < 1.29 is 14.3 Å². The van der Waals surface area contributed by atoms with Crippen LogP contribution in [0.5, 0.6) is 0 Å². The first-order valence-corrected chi connectivity index (χ1v) is 9.29. The van der Waals surface area contributed by atoms with Crippen molar-refractivity contribution in [1.82, 2.24) is 9.80 Å². The van der Waals surface area contributed by atoms with Gasteiger partial charge in [0.2, 0.25) is 11.8 Å². The summed E-state index contributed by atoms with van der Waals surface area (Å²) in [6, 6.07) is 7.59. The average molecular weight is 363 g/mol. The number of fused-ring (bicyclic) bond motifs is 3. The summed E-state index contributed by atoms with van der Waals surface area (Å²) in [5.74, 6) is -0.0168. The van der Waals surface area contributed by atoms with Crippen LogP contribution in [0.3, 0.4) is 0 Å². The predicted molar refractivity (Wildman–Crippen MR) is 94.4 cm³/mol. The molecule has 0 N–H and O–H groups in total. The molecule has 1 aromatic rings. The van der Waals surface area contributed by atoms with Gasteiger partial charge in [-0.15, -0.1) is 0 Å². The number of carbonyl (C=O) groups excluding carboxylic acids is 2. The highest BCUT2D eigenvalue weighted by molar-refractivity contribution is 6.30. The lowest BCUT2D eigenvalue weighted by molar-refractivity contribution is -0.143. The van der Waals surface area contributed by atoms with Gasteiger partial charge in [0.05, 0.1) is 30.6 Å². The number of hydrogen-bond donors (Lipinski definition) is 0. The Bertz CT molecular complexity index is 686. The fourth-order valence-corrected chi connectivity index (χ4v) is 4.42. The lowest BCUT2D eigenvalue weighted by Gasteiger charge is -2.45. The van der Waals surface area contributed by atoms with Crippen LogP contribution in [0, 0.1) is 5.92 Å². The van der Waals surface area contributed by atoms with Crippen LogP contribution in [-0.2, 0) is 19.7 Å². The van der Waals surface area contributed by atoms with Crippen LogP contribution in [0.25, 0.3) is 0 Å². The zero-order valence-corrected chi connectivity index (χ0v) is 15.2. The van der Waals surface area contributed by atoms with Crippen LogP contribution in [-0.4, -0.2) is 61.0 Å². The first-order chi connectivity index (χ1) is 12.0. The quantitative estimate of drug-likeness (QED) is 0.809. The van der Waals surface area contributed by atoms with Gasteiger partial charge in [-0.3, -0.25) is 9.59 Å². The van der Waals surface area contributed by atoms with E-state index in [4.69, 9.17) is 16.3 Å². The van der Waals surface area contributed by atoms with E-state index in [2.05, 4.69) is 0 Å². The van der Waals surface area contributed by atoms with Crippen LogP contribution >= 0.6 is 11.6 Å². The molecule has 2 atom stereocenters. The summed E-state index contributed by atoms with van der Waals surface area (Å²) < 4.78 is 5.64. The van der Waals surface area contributed by atoms with Crippen molar-refractivity contribution in [3.63, 3.8) is 0 Å². The summed E-state index contributed by atoms with van der Waals surface area (Å²) in [5.41, 5.74) is 0.588. The number of likely N-dealkylation sites (N-methyl/N-ethyl adjacent to an activating group) is 1. The highest BCUT2D eigenvalue weighted by Gasteiger charge is 2.50. The van der Waals surface area contributed by atoms with Crippen LogP contribution < -0.4 is 0 Å². The molecule has 1 aromatic carbocycles. The Balaban J connectivity index is 1.63. The van der Waals surface area contributed by atoms with Gasteiger partial charge in [0.1, 0.15) is 0 Å². The van der Waals surface area contributed by atoms with Crippen molar-refractivity contribution in [2.75, 3.05) is 33.4 Å². The second kappa shape index (κ2) is 6.29. The van der Waals surface area contributed by atoms with Crippen LogP contribution in [0.4, 0.5) is 0 Å². The third-order valence-electron chi connectivity index (χ3n) is 6.05. The lowest BCUT2D eigenvalue weighted by Crippen LogP contribution is -2.54. The van der Waals surface area contributed by atoms with E-state index in [-0.39, 0.29) is 23.8 Å². The number of ether oxygens (including phenoxy) is 1. The maximum atomic E-state index is 13.5. The van der Waals surface area contributed by atoms with Crippen molar-refractivity contribution in [1.29, 1.82) is 0 Å². The van der Waals surface area contributed by atoms with E-state index in [1.807, 2.05) is 36.2 Å². The summed E-state index contributed by atoms with van der Waals surface area (Å²) in [5, 5.41) is 0.680. The van der Waals surface area contributed by atoms with E-state index in [0.717, 1.165) is 24.8 Å². The molecule has 2 aliphatic heterocycles. The summed E-state index contributed by atoms with van der Waals surface area (Å²) in [7, 11) is 1.82. The number of hydrogen-bond acceptors (Lipinski definition) is 3. The zero-order valence-electron chi connectivity index (χ0n) is 14.4. The predicted octanol–water partition coefficient (Wildman–Crippen LogP) is 2.08. The molecule has 1 aliphatic carbocycles. The third-order valence-corrected chi connectivity index (χ3v) is 6.30. The van der Waals surface area contributed by atoms with Gasteiger partial charge in [-0.05, 0) is 30.5 Å². The van der Waals surface area contributed by atoms with Gasteiger partial charge < -0.3 is 14.5 Å². The maximum absolute atomic E-state index is 13.5. The van der Waals surface area contributed by atoms with Crippen molar-refractivity contribution in [3.05, 3.63) is 34.9 Å². The summed E-state index contributed by atoms with van der Waals surface area (Å²) in [6.07, 6.45) is 2.77. The van der Waals surface area contributed by atoms with Crippen LogP contribution in [0.1, 0.15) is 24.8 Å². The second-order valence-electron chi connectivity index (χ2n) is 7.49. The standard InChI is InChI=1S/C19H23ClN2O3/c1-21-16-10-22(9-13(17(21)23)11-25-12-16)18(24)19(7-2-8-19)14-3-5-15(20)6-4-14/h3-6,13,16H,2,7-12H2,1H3/t13-,16+/m1/s1. The lowest BCUT2D eigenvalue weighted by atomic mass is 9.63. The molecule has 1 saturated carbocycles. The molecule has 2 heterocycles. The molecule has 2 amide bonds. The van der Waals surface area contributed by atoms with Gasteiger partial charge in [-0.2, -0.15) is 0 Å². The third kappa shape index (κ3) is 2.74. The molecule has 3 fully saturated rings. The fourth-order valence-electron chi connectivity index (χ4n) is 4.29. The number of nitrogens with zero attached hydrogens (tertiary/aromatic N) is 2. The summed E-state index contributed by atoms with van der Waals surface area (Å²) in [6.45, 7) is 1.90. The molecule has 4 rings (SSSR count). The summed E-state index contributed by atoms with van der Waals surface area (Å²) >= 11 is 6.02. The molecule has 3 aliphatic rings. The van der Waals surface area contributed by atoms with Gasteiger partial charge in [0.15, 0.2) is 0 Å². The molecule has 5 nitrogen and oxygen atoms in total. The molecule has 0 unspecified atom stereocenters. The Morgan fingerprint density at radius 1 is 1.20 bits per heavy atom. The van der Waals surface area contributed by atoms with Gasteiger partial charge in [0.25, 0.3) is 0 Å². The highest BCUT2D eigenvalue weighted by Crippen LogP contribution is 2.46. The molecule has 2 saturated heterocycles. The summed E-state index contributed by atoms with van der Waals surface area (Å²) in [4.78, 5) is 29.7. The van der Waals surface area contributed by atoms with Crippen molar-refractivity contribution in [2.24, 2.45) is 5.92 Å². The maximum Gasteiger partial charge on any atom is 0.233 e. The molecule has 134 valence electrons. The van der Waals surface area contributed by atoms with E-state index in [1.54, 1.807) is 4.90 Å². The van der Waals surface area contributed by atoms with Gasteiger partial charge in [-0.25, -0.2) is 0 Å². The largest absolute Gasteiger partial charge is 0.378 e. The molecular formula is C19H23ClN2O3. The molecule has 0 radical (unpaired) electrons. The van der Waals surface area contributed by atoms with Crippen molar-refractivity contribution in [2.45, 2.75) is 30.7 Å². The van der Waals surface area contributed by atoms with Gasteiger partial charge in [-0.1, -0.05) is 30.2 Å². The Morgan fingerprint density at radius 3 is 2.56 bits per heavy atom. The van der Waals surface area contributed by atoms with E-state index < -0.39 is 5.41 Å². The van der Waals surface area contributed by atoms with E-state index in [0.29, 0.717) is 31.3 Å². The molecule has 0 aromatic heterocycles. The number of rotatable bonds is 2. The second-order valence-corrected chi connectivity index (χ2v) is 7.93. The minimum atomic E-state index is -0.453. The Morgan fingerprint density at radius 2 is 1.92 bits per heavy atom. The average Bonchev–Trinajstić information content (AvgIpc) is 2.73.